The average molecular weight is 180 g/mol. The molecule has 2 nitrogen and oxygen atoms in total. The highest BCUT2D eigenvalue weighted by molar-refractivity contribution is 7.99. The number of carboxylic acids is 1. The number of hydrogen-bond acceptors (Lipinski definition) is 2. The van der Waals surface area contributed by atoms with Gasteiger partial charge in [0.05, 0.1) is 11.9 Å². The van der Waals surface area contributed by atoms with Crippen LogP contribution in [0.2, 0.25) is 0 Å². The molecule has 0 bridgehead atoms. The fraction of sp³-hybridized carbons (Fsp3) is 0.857. The summed E-state index contributed by atoms with van der Waals surface area (Å²) in [7, 11) is 0. The van der Waals surface area contributed by atoms with Crippen molar-refractivity contribution in [3.8, 4) is 0 Å². The molecule has 0 fully saturated rings. The molecule has 1 unspecified atom stereocenters. The SMILES string of the molecule is CC(F)CCCSCC(=O)O. The Morgan fingerprint density at radius 3 is 2.82 bits per heavy atom. The van der Waals surface area contributed by atoms with Crippen LogP contribution in [0, 0.1) is 0 Å². The van der Waals surface area contributed by atoms with Gasteiger partial charge in [-0.3, -0.25) is 4.79 Å². The van der Waals surface area contributed by atoms with E-state index in [4.69, 9.17) is 5.11 Å². The molecule has 11 heavy (non-hydrogen) atoms. The second-order valence-electron chi connectivity index (χ2n) is 2.37. The first-order chi connectivity index (χ1) is 5.13. The third kappa shape index (κ3) is 9.75. The molecule has 0 aromatic carbocycles. The smallest absolute Gasteiger partial charge is 0.313 e. The number of aliphatic carboxylic acids is 1. The number of carboxylic acid groups (broad SMARTS) is 1. The summed E-state index contributed by atoms with van der Waals surface area (Å²) in [4.78, 5) is 10.0. The van der Waals surface area contributed by atoms with Crippen molar-refractivity contribution in [2.24, 2.45) is 0 Å². The largest absolute Gasteiger partial charge is 0.481 e. The lowest BCUT2D eigenvalue weighted by molar-refractivity contribution is -0.133. The van der Waals surface area contributed by atoms with Gasteiger partial charge in [0.25, 0.3) is 0 Å². The zero-order valence-corrected chi connectivity index (χ0v) is 7.36. The van der Waals surface area contributed by atoms with Gasteiger partial charge in [-0.25, -0.2) is 4.39 Å². The van der Waals surface area contributed by atoms with Gasteiger partial charge in [-0.2, -0.15) is 11.8 Å². The number of rotatable bonds is 6. The Labute approximate surface area is 70.2 Å². The molecule has 66 valence electrons. The number of alkyl halides is 1. The van der Waals surface area contributed by atoms with Crippen LogP contribution in [-0.2, 0) is 4.79 Å². The monoisotopic (exact) mass is 180 g/mol. The Bertz CT molecular complexity index is 117. The van der Waals surface area contributed by atoms with Crippen LogP contribution in [0.5, 0.6) is 0 Å². The van der Waals surface area contributed by atoms with Gasteiger partial charge in [-0.1, -0.05) is 0 Å². The Kier molecular flexibility index (Phi) is 6.31. The van der Waals surface area contributed by atoms with Crippen LogP contribution in [0.15, 0.2) is 0 Å². The van der Waals surface area contributed by atoms with E-state index < -0.39 is 12.1 Å². The Hall–Kier alpha value is -0.250. The maximum absolute atomic E-state index is 12.2. The van der Waals surface area contributed by atoms with Crippen molar-refractivity contribution in [3.63, 3.8) is 0 Å². The lowest BCUT2D eigenvalue weighted by atomic mass is 10.2. The Balaban J connectivity index is 2.97. The third-order valence-corrected chi connectivity index (χ3v) is 2.14. The Morgan fingerprint density at radius 2 is 2.36 bits per heavy atom. The summed E-state index contributed by atoms with van der Waals surface area (Å²) in [5, 5.41) is 8.23. The van der Waals surface area contributed by atoms with Crippen molar-refractivity contribution >= 4 is 17.7 Å². The number of hydrogen-bond donors (Lipinski definition) is 1. The molecule has 0 aliphatic carbocycles. The zero-order chi connectivity index (χ0) is 8.69. The molecule has 0 spiro atoms. The molecule has 1 atom stereocenters. The molecule has 0 saturated carbocycles. The second-order valence-corrected chi connectivity index (χ2v) is 3.47. The molecular weight excluding hydrogens is 167 g/mol. The van der Waals surface area contributed by atoms with Crippen molar-refractivity contribution in [2.45, 2.75) is 25.9 Å². The van der Waals surface area contributed by atoms with Gasteiger partial charge >= 0.3 is 5.97 Å². The fourth-order valence-electron chi connectivity index (χ4n) is 0.626. The van der Waals surface area contributed by atoms with E-state index in [0.29, 0.717) is 6.42 Å². The highest BCUT2D eigenvalue weighted by Gasteiger charge is 1.99. The molecule has 1 N–H and O–H groups in total. The molecule has 0 aromatic rings. The second kappa shape index (κ2) is 6.46. The van der Waals surface area contributed by atoms with E-state index in [1.54, 1.807) is 0 Å². The highest BCUT2D eigenvalue weighted by Crippen LogP contribution is 2.07. The summed E-state index contributed by atoms with van der Waals surface area (Å²) < 4.78 is 12.2. The Morgan fingerprint density at radius 1 is 1.73 bits per heavy atom. The predicted octanol–water partition coefficient (Wildman–Crippen LogP) is 1.94. The van der Waals surface area contributed by atoms with Gasteiger partial charge in [0.2, 0.25) is 0 Å². The van der Waals surface area contributed by atoms with E-state index in [1.165, 1.54) is 18.7 Å². The van der Waals surface area contributed by atoms with E-state index in [9.17, 15) is 9.18 Å². The number of carbonyl (C=O) groups is 1. The molecule has 0 aromatic heterocycles. The molecule has 0 saturated heterocycles. The molecule has 4 heteroatoms. The van der Waals surface area contributed by atoms with Gasteiger partial charge < -0.3 is 5.11 Å². The average Bonchev–Trinajstić information content (AvgIpc) is 1.85. The van der Waals surface area contributed by atoms with E-state index in [2.05, 4.69) is 0 Å². The van der Waals surface area contributed by atoms with Crippen LogP contribution in [0.25, 0.3) is 0 Å². The fourth-order valence-corrected chi connectivity index (χ4v) is 1.32. The zero-order valence-electron chi connectivity index (χ0n) is 6.55. The van der Waals surface area contributed by atoms with Crippen molar-refractivity contribution < 1.29 is 14.3 Å². The standard InChI is InChI=1S/C7H13FO2S/c1-6(8)3-2-4-11-5-7(9)10/h6H,2-5H2,1H3,(H,9,10). The van der Waals surface area contributed by atoms with E-state index >= 15 is 0 Å². The van der Waals surface area contributed by atoms with Crippen LogP contribution >= 0.6 is 11.8 Å². The van der Waals surface area contributed by atoms with Crippen molar-refractivity contribution in [1.82, 2.24) is 0 Å². The van der Waals surface area contributed by atoms with Gasteiger partial charge in [-0.15, -0.1) is 0 Å². The topological polar surface area (TPSA) is 37.3 Å². The molecular formula is C7H13FO2S. The number of halogens is 1. The first-order valence-corrected chi connectivity index (χ1v) is 4.72. The lowest BCUT2D eigenvalue weighted by Crippen LogP contribution is -1.99. The van der Waals surface area contributed by atoms with Crippen molar-refractivity contribution in [1.29, 1.82) is 0 Å². The van der Waals surface area contributed by atoms with E-state index in [-0.39, 0.29) is 5.75 Å². The van der Waals surface area contributed by atoms with Crippen LogP contribution in [-0.4, -0.2) is 28.8 Å². The van der Waals surface area contributed by atoms with Crippen LogP contribution in [0.4, 0.5) is 4.39 Å². The van der Waals surface area contributed by atoms with Gasteiger partial charge in [0.1, 0.15) is 0 Å². The maximum Gasteiger partial charge on any atom is 0.313 e. The van der Waals surface area contributed by atoms with Crippen molar-refractivity contribution in [3.05, 3.63) is 0 Å². The quantitative estimate of drug-likeness (QED) is 0.635. The maximum atomic E-state index is 12.2. The minimum Gasteiger partial charge on any atom is -0.481 e. The summed E-state index contributed by atoms with van der Waals surface area (Å²) in [5.74, 6) is 0.0598. The predicted molar refractivity (Wildman–Crippen MR) is 44.8 cm³/mol. The summed E-state index contributed by atoms with van der Waals surface area (Å²) in [5.41, 5.74) is 0. The van der Waals surface area contributed by atoms with Gasteiger partial charge in [0, 0.05) is 0 Å². The van der Waals surface area contributed by atoms with Gasteiger partial charge in [0.15, 0.2) is 0 Å². The van der Waals surface area contributed by atoms with Crippen LogP contribution in [0.1, 0.15) is 19.8 Å². The molecule has 0 aliphatic heterocycles. The minimum atomic E-state index is -0.803. The van der Waals surface area contributed by atoms with Crippen LogP contribution in [0.3, 0.4) is 0 Å². The van der Waals surface area contributed by atoms with Gasteiger partial charge in [-0.05, 0) is 25.5 Å². The first-order valence-electron chi connectivity index (χ1n) is 3.56. The third-order valence-electron chi connectivity index (χ3n) is 1.12. The molecule has 0 amide bonds. The van der Waals surface area contributed by atoms with Crippen LogP contribution < -0.4 is 0 Å². The molecule has 0 radical (unpaired) electrons. The number of thioether (sulfide) groups is 1. The normalized spacial score (nSPS) is 12.9. The van der Waals surface area contributed by atoms with E-state index in [0.717, 1.165) is 12.2 Å². The lowest BCUT2D eigenvalue weighted by Gasteiger charge is -1.99. The molecule has 0 rings (SSSR count). The summed E-state index contributed by atoms with van der Waals surface area (Å²) in [6, 6.07) is 0. The summed E-state index contributed by atoms with van der Waals surface area (Å²) in [6.07, 6.45) is 0.530. The highest BCUT2D eigenvalue weighted by atomic mass is 32.2. The molecule has 0 heterocycles. The first kappa shape index (κ1) is 10.8. The summed E-state index contributed by atoms with van der Waals surface area (Å²) in [6.45, 7) is 1.52. The van der Waals surface area contributed by atoms with Crippen molar-refractivity contribution in [2.75, 3.05) is 11.5 Å². The van der Waals surface area contributed by atoms with E-state index in [1.807, 2.05) is 0 Å². The molecule has 0 aliphatic rings. The minimum absolute atomic E-state index is 0.126. The summed E-state index contributed by atoms with van der Waals surface area (Å²) >= 11 is 1.34.